The molecule has 0 bridgehead atoms. The summed E-state index contributed by atoms with van der Waals surface area (Å²) in [5, 5.41) is 2.54. The van der Waals surface area contributed by atoms with Crippen molar-refractivity contribution in [1.29, 1.82) is 0 Å². The number of alkyl halides is 3. The minimum Gasteiger partial charge on any atom is -0.345 e. The predicted octanol–water partition coefficient (Wildman–Crippen LogP) is 5.92. The molecule has 1 fully saturated rings. The SMILES string of the molecule is Cc1cc(C)c(-c2csc(N3CCN(S(=O)(=O)c4cc(C(F)(F)F)ccc4Cl)CC3)n2)c(C)c1. The van der Waals surface area contributed by atoms with Crippen LogP contribution in [0.25, 0.3) is 11.3 Å². The van der Waals surface area contributed by atoms with Gasteiger partial charge in [-0.05, 0) is 50.1 Å². The molecule has 0 radical (unpaired) electrons. The minimum atomic E-state index is -4.66. The first kappa shape index (κ1) is 25.0. The summed E-state index contributed by atoms with van der Waals surface area (Å²) in [6, 6.07) is 6.58. The summed E-state index contributed by atoms with van der Waals surface area (Å²) < 4.78 is 66.6. The van der Waals surface area contributed by atoms with Crippen molar-refractivity contribution < 1.29 is 21.6 Å². The molecule has 5 nitrogen and oxygen atoms in total. The van der Waals surface area contributed by atoms with Crippen molar-refractivity contribution in [2.75, 3.05) is 31.1 Å². The molecule has 2 aromatic carbocycles. The molecular formula is C23H23ClF3N3O2S2. The van der Waals surface area contributed by atoms with Gasteiger partial charge in [-0.2, -0.15) is 17.5 Å². The molecule has 3 aromatic rings. The molecule has 4 rings (SSSR count). The highest BCUT2D eigenvalue weighted by molar-refractivity contribution is 7.89. The Hall–Kier alpha value is -2.14. The van der Waals surface area contributed by atoms with E-state index in [4.69, 9.17) is 16.6 Å². The Bertz CT molecular complexity index is 1310. The van der Waals surface area contributed by atoms with Crippen molar-refractivity contribution >= 4 is 38.1 Å². The number of aryl methyl sites for hydroxylation is 3. The highest BCUT2D eigenvalue weighted by Gasteiger charge is 2.35. The van der Waals surface area contributed by atoms with Gasteiger partial charge in [0.2, 0.25) is 10.0 Å². The lowest BCUT2D eigenvalue weighted by Gasteiger charge is -2.34. The molecule has 0 atom stereocenters. The van der Waals surface area contributed by atoms with E-state index < -0.39 is 26.7 Å². The molecule has 1 aliphatic rings. The van der Waals surface area contributed by atoms with Crippen molar-refractivity contribution in [2.45, 2.75) is 31.8 Å². The number of halogens is 4. The number of thiazole rings is 1. The molecule has 2 heterocycles. The van der Waals surface area contributed by atoms with Gasteiger partial charge < -0.3 is 4.90 Å². The smallest absolute Gasteiger partial charge is 0.345 e. The molecule has 1 aliphatic heterocycles. The van der Waals surface area contributed by atoms with E-state index >= 15 is 0 Å². The minimum absolute atomic E-state index is 0.117. The van der Waals surface area contributed by atoms with Crippen molar-refractivity contribution in [2.24, 2.45) is 0 Å². The number of hydrogen-bond donors (Lipinski definition) is 0. The van der Waals surface area contributed by atoms with Crippen LogP contribution in [-0.4, -0.2) is 43.9 Å². The van der Waals surface area contributed by atoms with Crippen LogP contribution in [0.4, 0.5) is 18.3 Å². The topological polar surface area (TPSA) is 53.5 Å². The molecule has 34 heavy (non-hydrogen) atoms. The third kappa shape index (κ3) is 4.82. The van der Waals surface area contributed by atoms with E-state index in [2.05, 4.69) is 32.9 Å². The van der Waals surface area contributed by atoms with E-state index in [1.807, 2.05) is 10.3 Å². The number of rotatable bonds is 4. The molecule has 182 valence electrons. The van der Waals surface area contributed by atoms with Gasteiger partial charge in [0.25, 0.3) is 0 Å². The first-order valence-corrected chi connectivity index (χ1v) is 13.2. The number of anilines is 1. The summed E-state index contributed by atoms with van der Waals surface area (Å²) in [4.78, 5) is 6.25. The molecule has 0 saturated carbocycles. The Morgan fingerprint density at radius 2 is 1.62 bits per heavy atom. The van der Waals surface area contributed by atoms with Gasteiger partial charge in [-0.25, -0.2) is 13.4 Å². The predicted molar refractivity (Wildman–Crippen MR) is 129 cm³/mol. The molecule has 0 spiro atoms. The van der Waals surface area contributed by atoms with E-state index in [9.17, 15) is 21.6 Å². The Morgan fingerprint density at radius 1 is 1.00 bits per heavy atom. The first-order chi connectivity index (χ1) is 15.9. The van der Waals surface area contributed by atoms with Gasteiger partial charge in [-0.3, -0.25) is 0 Å². The summed E-state index contributed by atoms with van der Waals surface area (Å²) in [6.07, 6.45) is -4.66. The molecule has 0 aliphatic carbocycles. The summed E-state index contributed by atoms with van der Waals surface area (Å²) in [6.45, 7) is 7.13. The van der Waals surface area contributed by atoms with E-state index in [0.717, 1.165) is 39.6 Å². The summed E-state index contributed by atoms with van der Waals surface area (Å²) in [5.41, 5.74) is 4.39. The Morgan fingerprint density at radius 3 is 2.21 bits per heavy atom. The Balaban J connectivity index is 1.52. The zero-order valence-corrected chi connectivity index (χ0v) is 21.2. The van der Waals surface area contributed by atoms with Gasteiger partial charge >= 0.3 is 6.18 Å². The van der Waals surface area contributed by atoms with Crippen LogP contribution in [-0.2, 0) is 16.2 Å². The molecule has 0 N–H and O–H groups in total. The summed E-state index contributed by atoms with van der Waals surface area (Å²) >= 11 is 7.46. The molecular weight excluding hydrogens is 507 g/mol. The second kappa shape index (κ2) is 9.14. The van der Waals surface area contributed by atoms with E-state index in [1.165, 1.54) is 21.2 Å². The van der Waals surface area contributed by atoms with Crippen molar-refractivity contribution in [3.8, 4) is 11.3 Å². The molecule has 1 saturated heterocycles. The van der Waals surface area contributed by atoms with Crippen LogP contribution in [0.2, 0.25) is 5.02 Å². The summed E-state index contributed by atoms with van der Waals surface area (Å²) in [7, 11) is -4.18. The fourth-order valence-electron chi connectivity index (χ4n) is 4.24. The standard InChI is InChI=1S/C23H23ClF3N3O2S2/c1-14-10-15(2)21(16(3)11-14)19-13-33-22(28-19)29-6-8-30(9-7-29)34(31,32)20-12-17(23(25,26)27)4-5-18(20)24/h4-5,10-13H,6-9H2,1-3H3. The molecule has 11 heteroatoms. The van der Waals surface area contributed by atoms with Gasteiger partial charge in [0.15, 0.2) is 5.13 Å². The third-order valence-electron chi connectivity index (χ3n) is 5.81. The maximum atomic E-state index is 13.1. The average molecular weight is 530 g/mol. The van der Waals surface area contributed by atoms with Crippen molar-refractivity contribution in [3.05, 3.63) is 63.0 Å². The van der Waals surface area contributed by atoms with Gasteiger partial charge in [0.1, 0.15) is 4.90 Å². The monoisotopic (exact) mass is 529 g/mol. The number of nitrogens with zero attached hydrogens (tertiary/aromatic N) is 3. The lowest BCUT2D eigenvalue weighted by Crippen LogP contribution is -2.48. The van der Waals surface area contributed by atoms with Gasteiger partial charge in [-0.1, -0.05) is 29.3 Å². The van der Waals surface area contributed by atoms with E-state index in [-0.39, 0.29) is 18.1 Å². The Labute approximate surface area is 205 Å². The maximum absolute atomic E-state index is 13.1. The fraction of sp³-hybridized carbons (Fsp3) is 0.348. The van der Waals surface area contributed by atoms with Crippen LogP contribution >= 0.6 is 22.9 Å². The van der Waals surface area contributed by atoms with E-state index in [1.54, 1.807) is 0 Å². The maximum Gasteiger partial charge on any atom is 0.416 e. The highest BCUT2D eigenvalue weighted by Crippen LogP contribution is 2.36. The molecule has 0 amide bonds. The van der Waals surface area contributed by atoms with Crippen molar-refractivity contribution in [3.63, 3.8) is 0 Å². The first-order valence-electron chi connectivity index (χ1n) is 10.5. The lowest BCUT2D eigenvalue weighted by atomic mass is 9.98. The Kier molecular flexibility index (Phi) is 6.71. The fourth-order valence-corrected chi connectivity index (χ4v) is 7.04. The van der Waals surface area contributed by atoms with Crippen LogP contribution in [0.5, 0.6) is 0 Å². The van der Waals surface area contributed by atoms with Crippen LogP contribution in [0.15, 0.2) is 40.6 Å². The highest BCUT2D eigenvalue weighted by atomic mass is 35.5. The number of aromatic nitrogens is 1. The normalized spacial score (nSPS) is 15.7. The average Bonchev–Trinajstić information content (AvgIpc) is 3.22. The molecule has 0 unspecified atom stereocenters. The summed E-state index contributed by atoms with van der Waals surface area (Å²) in [5.74, 6) is 0. The van der Waals surface area contributed by atoms with Crippen LogP contribution in [0.3, 0.4) is 0 Å². The van der Waals surface area contributed by atoms with Gasteiger partial charge in [0, 0.05) is 37.1 Å². The van der Waals surface area contributed by atoms with E-state index in [0.29, 0.717) is 19.2 Å². The van der Waals surface area contributed by atoms with Crippen LogP contribution in [0, 0.1) is 20.8 Å². The van der Waals surface area contributed by atoms with Gasteiger partial charge in [-0.15, -0.1) is 11.3 Å². The number of hydrogen-bond acceptors (Lipinski definition) is 5. The number of sulfonamides is 1. The lowest BCUT2D eigenvalue weighted by molar-refractivity contribution is -0.137. The molecule has 1 aromatic heterocycles. The zero-order chi connectivity index (χ0) is 24.8. The third-order valence-corrected chi connectivity index (χ3v) is 9.09. The largest absolute Gasteiger partial charge is 0.416 e. The quantitative estimate of drug-likeness (QED) is 0.421. The second-order valence-corrected chi connectivity index (χ2v) is 11.5. The number of benzene rings is 2. The number of piperazine rings is 1. The van der Waals surface area contributed by atoms with Crippen molar-refractivity contribution in [1.82, 2.24) is 9.29 Å². The van der Waals surface area contributed by atoms with Gasteiger partial charge in [0.05, 0.1) is 16.3 Å². The zero-order valence-electron chi connectivity index (χ0n) is 18.8. The second-order valence-electron chi connectivity index (χ2n) is 8.32. The van der Waals surface area contributed by atoms with Crippen LogP contribution < -0.4 is 4.90 Å². The van der Waals surface area contributed by atoms with Crippen LogP contribution in [0.1, 0.15) is 22.3 Å².